The lowest BCUT2D eigenvalue weighted by atomic mass is 9.52. The lowest BCUT2D eigenvalue weighted by molar-refractivity contribution is -0.478. The molecule has 0 amide bonds. The van der Waals surface area contributed by atoms with Crippen LogP contribution in [0.1, 0.15) is 43.7 Å². The van der Waals surface area contributed by atoms with Gasteiger partial charge in [0.05, 0.1) is 26.1 Å². The summed E-state index contributed by atoms with van der Waals surface area (Å²) in [6, 6.07) is 11.0. The number of methoxy groups -OCH3 is 2. The molecular formula is C34H40O12Si. The minimum Gasteiger partial charge on any atom is -0.493 e. The van der Waals surface area contributed by atoms with Gasteiger partial charge in [-0.25, -0.2) is 0 Å². The number of carbonyl (C=O) groups is 2. The van der Waals surface area contributed by atoms with Crippen molar-refractivity contribution in [2.75, 3.05) is 21.0 Å². The summed E-state index contributed by atoms with van der Waals surface area (Å²) in [6.07, 6.45) is -4.39. The Kier molecular flexibility index (Phi) is 7.13. The summed E-state index contributed by atoms with van der Waals surface area (Å²) >= 11 is 0. The average molecular weight is 669 g/mol. The van der Waals surface area contributed by atoms with Crippen molar-refractivity contribution in [2.24, 2.45) is 11.8 Å². The zero-order valence-electron chi connectivity index (χ0n) is 27.4. The highest BCUT2D eigenvalue weighted by atomic mass is 28.4. The van der Waals surface area contributed by atoms with Crippen LogP contribution < -0.4 is 18.9 Å². The van der Waals surface area contributed by atoms with E-state index in [1.165, 1.54) is 0 Å². The molecule has 0 radical (unpaired) electrons. The second-order valence-corrected chi connectivity index (χ2v) is 19.3. The highest BCUT2D eigenvalue weighted by molar-refractivity contribution is 6.74. The fourth-order valence-corrected chi connectivity index (χ4v) is 9.06. The van der Waals surface area contributed by atoms with Crippen LogP contribution in [0.15, 0.2) is 36.4 Å². The number of esters is 2. The van der Waals surface area contributed by atoms with Crippen LogP contribution >= 0.6 is 0 Å². The van der Waals surface area contributed by atoms with Gasteiger partial charge in [-0.05, 0) is 53.5 Å². The summed E-state index contributed by atoms with van der Waals surface area (Å²) in [4.78, 5) is 28.8. The van der Waals surface area contributed by atoms with Crippen LogP contribution in [-0.4, -0.2) is 84.4 Å². The summed E-state index contributed by atoms with van der Waals surface area (Å²) in [6.45, 7) is 9.66. The minimum atomic E-state index is -2.37. The number of ether oxygens (including phenoxy) is 9. The Bertz CT molecular complexity index is 1500. The quantitative estimate of drug-likeness (QED) is 0.342. The van der Waals surface area contributed by atoms with Gasteiger partial charge < -0.3 is 47.1 Å². The monoisotopic (exact) mass is 668 g/mol. The molecule has 2 saturated carbocycles. The Morgan fingerprint density at radius 1 is 0.681 bits per heavy atom. The molecule has 2 aliphatic carbocycles. The smallest absolute Gasteiger partial charge is 0.310 e. The van der Waals surface area contributed by atoms with Crippen LogP contribution in [-0.2, 0) is 37.7 Å². The van der Waals surface area contributed by atoms with Crippen molar-refractivity contribution >= 4 is 20.3 Å². The van der Waals surface area contributed by atoms with Crippen LogP contribution in [0, 0.1) is 11.8 Å². The Morgan fingerprint density at radius 3 is 1.60 bits per heavy atom. The van der Waals surface area contributed by atoms with Crippen LogP contribution in [0.4, 0.5) is 0 Å². The highest BCUT2D eigenvalue weighted by Crippen LogP contribution is 2.61. The molecular weight excluding hydrogens is 628 g/mol. The van der Waals surface area contributed by atoms with Crippen LogP contribution in [0.2, 0.25) is 18.1 Å². The molecule has 8 heterocycles. The Hall–Kier alpha value is -3.36. The first kappa shape index (κ1) is 30.9. The molecule has 4 saturated heterocycles. The Morgan fingerprint density at radius 2 is 1.15 bits per heavy atom. The van der Waals surface area contributed by atoms with Crippen LogP contribution in [0.3, 0.4) is 0 Å². The molecule has 2 aromatic carbocycles. The van der Waals surface area contributed by atoms with Crippen molar-refractivity contribution in [3.05, 3.63) is 47.5 Å². The maximum atomic E-state index is 14.4. The van der Waals surface area contributed by atoms with Crippen LogP contribution in [0.5, 0.6) is 23.0 Å². The first-order chi connectivity index (χ1) is 22.4. The maximum absolute atomic E-state index is 14.4. The van der Waals surface area contributed by atoms with Gasteiger partial charge in [0.1, 0.15) is 24.4 Å². The molecule has 13 heteroatoms. The van der Waals surface area contributed by atoms with Gasteiger partial charge in [0.25, 0.3) is 6.48 Å². The third-order valence-corrected chi connectivity index (χ3v) is 15.6. The molecule has 252 valence electrons. The number of hydrogen-bond acceptors (Lipinski definition) is 12. The maximum Gasteiger partial charge on any atom is 0.310 e. The summed E-state index contributed by atoms with van der Waals surface area (Å²) < 4.78 is 61.0. The van der Waals surface area contributed by atoms with Crippen molar-refractivity contribution in [1.82, 2.24) is 0 Å². The van der Waals surface area contributed by atoms with E-state index >= 15 is 0 Å². The Labute approximate surface area is 273 Å². The molecule has 47 heavy (non-hydrogen) atoms. The molecule has 0 aromatic heterocycles. The van der Waals surface area contributed by atoms with Gasteiger partial charge in [-0.15, -0.1) is 0 Å². The van der Waals surface area contributed by atoms with E-state index in [2.05, 4.69) is 33.9 Å². The molecule has 12 rings (SSSR count). The van der Waals surface area contributed by atoms with Gasteiger partial charge in [-0.2, -0.15) is 0 Å². The number of benzene rings is 2. The van der Waals surface area contributed by atoms with E-state index in [1.807, 2.05) is 24.3 Å². The van der Waals surface area contributed by atoms with Gasteiger partial charge in [0.15, 0.2) is 43.5 Å². The van der Waals surface area contributed by atoms with E-state index in [-0.39, 0.29) is 11.8 Å². The predicted octanol–water partition coefficient (Wildman–Crippen LogP) is 4.25. The molecule has 8 aliphatic heterocycles. The SMILES string of the molecule is COc1cc2ccc1OCOc1ccc(cc1OC)[C@H]1[C@@H]3C(=O)OC4C5OC6O[C@H](C5OC(=O)[C@@H]3[C@@H]21)C(O[Si](C)(C)C(C)(C)C)[C@H]4O6. The first-order valence-corrected chi connectivity index (χ1v) is 19.0. The second kappa shape index (κ2) is 10.8. The van der Waals surface area contributed by atoms with Gasteiger partial charge in [0, 0.05) is 11.8 Å². The van der Waals surface area contributed by atoms with E-state index in [1.54, 1.807) is 26.4 Å². The molecule has 6 fully saturated rings. The summed E-state index contributed by atoms with van der Waals surface area (Å²) in [5, 5.41) is -0.117. The molecule has 10 bridgehead atoms. The number of fused-ring (bicyclic) bond motifs is 1. The lowest BCUT2D eigenvalue weighted by Crippen LogP contribution is -2.77. The van der Waals surface area contributed by atoms with E-state index < -0.39 is 87.0 Å². The zero-order chi connectivity index (χ0) is 33.0. The first-order valence-electron chi connectivity index (χ1n) is 16.1. The van der Waals surface area contributed by atoms with Gasteiger partial charge >= 0.3 is 11.9 Å². The lowest BCUT2D eigenvalue weighted by Gasteiger charge is -2.59. The fraction of sp³-hybridized carbons (Fsp3) is 0.588. The Balaban J connectivity index is 1.22. The third-order valence-electron chi connectivity index (χ3n) is 11.2. The number of rotatable bonds is 4. The molecule has 0 spiro atoms. The van der Waals surface area contributed by atoms with Gasteiger partial charge in [-0.1, -0.05) is 32.9 Å². The van der Waals surface area contributed by atoms with E-state index in [4.69, 9.17) is 47.1 Å². The van der Waals surface area contributed by atoms with E-state index in [0.29, 0.717) is 23.0 Å². The molecule has 2 aromatic rings. The van der Waals surface area contributed by atoms with Crippen molar-refractivity contribution in [1.29, 1.82) is 0 Å². The molecule has 12 nitrogen and oxygen atoms in total. The second-order valence-electron chi connectivity index (χ2n) is 14.6. The van der Waals surface area contributed by atoms with Crippen molar-refractivity contribution in [2.45, 2.75) is 93.8 Å². The summed E-state index contributed by atoms with van der Waals surface area (Å²) in [7, 11) is 0.728. The zero-order valence-corrected chi connectivity index (χ0v) is 28.4. The van der Waals surface area contributed by atoms with Crippen molar-refractivity contribution in [3.63, 3.8) is 0 Å². The largest absolute Gasteiger partial charge is 0.493 e. The molecule has 0 N–H and O–H groups in total. The molecule has 5 unspecified atom stereocenters. The summed E-state index contributed by atoms with van der Waals surface area (Å²) in [5.74, 6) is -1.85. The van der Waals surface area contributed by atoms with Gasteiger partial charge in [0.2, 0.25) is 6.79 Å². The topological polar surface area (TPSA) is 126 Å². The molecule has 11 atom stereocenters. The van der Waals surface area contributed by atoms with E-state index in [9.17, 15) is 9.59 Å². The average Bonchev–Trinajstić information content (AvgIpc) is 3.05. The van der Waals surface area contributed by atoms with Gasteiger partial charge in [-0.3, -0.25) is 9.59 Å². The van der Waals surface area contributed by atoms with Crippen molar-refractivity contribution < 1.29 is 56.6 Å². The van der Waals surface area contributed by atoms with Crippen molar-refractivity contribution in [3.8, 4) is 23.0 Å². The highest BCUT2D eigenvalue weighted by Gasteiger charge is 2.69. The van der Waals surface area contributed by atoms with Crippen LogP contribution in [0.25, 0.3) is 0 Å². The predicted molar refractivity (Wildman–Crippen MR) is 165 cm³/mol. The molecule has 10 aliphatic rings. The standard InChI is InChI=1S/C34H40O12Si/c1-34(2,3)47(6,7)46-30-28-25-27-26(29(30)45-33(43-27)44-28)42-32(36)24-22-16-9-11-18(20(13-16)38-5)40-14-39-17-10-8-15(12-19(17)37-4)21(22)23(24)31(35)41-25/h8-13,21-30,33H,14H2,1-7H3/t21-,22+,23+,24-,25?,26?,27?,28+,29-,30?,33?. The fourth-order valence-electron chi connectivity index (χ4n) is 7.75. The minimum absolute atomic E-state index is 0.0817. The number of hydrogen-bond donors (Lipinski definition) is 0. The van der Waals surface area contributed by atoms with E-state index in [0.717, 1.165) is 11.1 Å². The summed E-state index contributed by atoms with van der Waals surface area (Å²) in [5.41, 5.74) is 1.57. The number of carbonyl (C=O) groups excluding carboxylic acids is 2. The third kappa shape index (κ3) is 4.68. The normalized spacial score (nSPS) is 36.7.